The monoisotopic (exact) mass is 295 g/mol. The van der Waals surface area contributed by atoms with Crippen molar-refractivity contribution in [3.05, 3.63) is 17.7 Å². The van der Waals surface area contributed by atoms with Crippen molar-refractivity contribution in [2.24, 2.45) is 0 Å². The molecule has 5 nitrogen and oxygen atoms in total. The van der Waals surface area contributed by atoms with Crippen molar-refractivity contribution in [3.8, 4) is 17.2 Å². The summed E-state index contributed by atoms with van der Waals surface area (Å²) in [5.41, 5.74) is 0.497. The number of amides is 1. The van der Waals surface area contributed by atoms with Crippen LogP contribution < -0.4 is 14.2 Å². The molecule has 1 aromatic carbocycles. The summed E-state index contributed by atoms with van der Waals surface area (Å²) in [5.74, 6) is 1.36. The van der Waals surface area contributed by atoms with Crippen LogP contribution >= 0.6 is 0 Å². The van der Waals surface area contributed by atoms with Crippen molar-refractivity contribution >= 4 is 5.91 Å². The van der Waals surface area contributed by atoms with Gasteiger partial charge in [-0.2, -0.15) is 0 Å². The minimum atomic E-state index is -0.0449. The van der Waals surface area contributed by atoms with Gasteiger partial charge in [-0.15, -0.1) is 0 Å². The highest BCUT2D eigenvalue weighted by atomic mass is 16.5. The van der Waals surface area contributed by atoms with Gasteiger partial charge in [0.2, 0.25) is 5.75 Å². The first kappa shape index (κ1) is 17.1. The first-order valence-electron chi connectivity index (χ1n) is 7.22. The van der Waals surface area contributed by atoms with Gasteiger partial charge in [-0.1, -0.05) is 13.8 Å². The molecule has 0 spiro atoms. The number of carbonyl (C=O) groups excluding carboxylic acids is 1. The molecule has 1 amide bonds. The van der Waals surface area contributed by atoms with Gasteiger partial charge in [0, 0.05) is 13.1 Å². The first-order chi connectivity index (χ1) is 10.1. The summed E-state index contributed by atoms with van der Waals surface area (Å²) in [7, 11) is 4.61. The van der Waals surface area contributed by atoms with Crippen LogP contribution in [-0.4, -0.2) is 45.2 Å². The van der Waals surface area contributed by atoms with Gasteiger partial charge in [0.25, 0.3) is 5.91 Å². The van der Waals surface area contributed by atoms with Crippen LogP contribution in [0.1, 0.15) is 37.0 Å². The molecule has 0 aromatic heterocycles. The van der Waals surface area contributed by atoms with Gasteiger partial charge in [0.1, 0.15) is 0 Å². The Morgan fingerprint density at radius 1 is 0.952 bits per heavy atom. The second kappa shape index (κ2) is 8.39. The Labute approximate surface area is 126 Å². The van der Waals surface area contributed by atoms with E-state index in [-0.39, 0.29) is 5.91 Å². The standard InChI is InChI=1S/C16H25NO4/c1-6-10-17(11-7-2)16(18)12-8-9-13(19-3)15(21-5)14(12)20-4/h8-9H,6-7,10-11H2,1-5H3. The van der Waals surface area contributed by atoms with Crippen molar-refractivity contribution in [2.45, 2.75) is 26.7 Å². The Morgan fingerprint density at radius 2 is 1.52 bits per heavy atom. The predicted octanol–water partition coefficient (Wildman–Crippen LogP) is 2.97. The number of ether oxygens (including phenoxy) is 3. The van der Waals surface area contributed by atoms with Crippen molar-refractivity contribution in [2.75, 3.05) is 34.4 Å². The minimum Gasteiger partial charge on any atom is -0.493 e. The third-order valence-corrected chi connectivity index (χ3v) is 3.21. The summed E-state index contributed by atoms with van der Waals surface area (Å²) >= 11 is 0. The van der Waals surface area contributed by atoms with Gasteiger partial charge < -0.3 is 19.1 Å². The predicted molar refractivity (Wildman–Crippen MR) is 82.6 cm³/mol. The lowest BCUT2D eigenvalue weighted by molar-refractivity contribution is 0.0751. The number of hydrogen-bond acceptors (Lipinski definition) is 4. The lowest BCUT2D eigenvalue weighted by Gasteiger charge is -2.23. The molecule has 0 bridgehead atoms. The molecule has 0 radical (unpaired) electrons. The second-order valence-electron chi connectivity index (χ2n) is 4.67. The third-order valence-electron chi connectivity index (χ3n) is 3.21. The molecule has 1 rings (SSSR count). The highest BCUT2D eigenvalue weighted by Crippen LogP contribution is 2.40. The maximum atomic E-state index is 12.7. The zero-order chi connectivity index (χ0) is 15.8. The molecule has 1 aromatic rings. The molecule has 0 aliphatic heterocycles. The second-order valence-corrected chi connectivity index (χ2v) is 4.67. The Bertz CT molecular complexity index is 468. The van der Waals surface area contributed by atoms with Gasteiger partial charge in [-0.3, -0.25) is 4.79 Å². The van der Waals surface area contributed by atoms with Crippen LogP contribution in [0.25, 0.3) is 0 Å². The van der Waals surface area contributed by atoms with Crippen molar-refractivity contribution in [1.82, 2.24) is 4.90 Å². The molecule has 118 valence electrons. The van der Waals surface area contributed by atoms with E-state index in [2.05, 4.69) is 13.8 Å². The number of nitrogens with zero attached hydrogens (tertiary/aromatic N) is 1. The smallest absolute Gasteiger partial charge is 0.257 e. The topological polar surface area (TPSA) is 48.0 Å². The molecule has 0 aliphatic rings. The van der Waals surface area contributed by atoms with E-state index >= 15 is 0 Å². The molecule has 0 heterocycles. The molecular formula is C16H25NO4. The summed E-state index contributed by atoms with van der Waals surface area (Å²) in [6.45, 7) is 5.57. The molecule has 0 saturated heterocycles. The SMILES string of the molecule is CCCN(CCC)C(=O)c1ccc(OC)c(OC)c1OC. The van der Waals surface area contributed by atoms with E-state index < -0.39 is 0 Å². The van der Waals surface area contributed by atoms with Crippen LogP contribution in [0.4, 0.5) is 0 Å². The summed E-state index contributed by atoms with van der Waals surface area (Å²) in [6.07, 6.45) is 1.84. The van der Waals surface area contributed by atoms with Crippen molar-refractivity contribution in [1.29, 1.82) is 0 Å². The average Bonchev–Trinajstić information content (AvgIpc) is 2.52. The van der Waals surface area contributed by atoms with Crippen LogP contribution in [0.15, 0.2) is 12.1 Å². The van der Waals surface area contributed by atoms with Crippen LogP contribution in [0, 0.1) is 0 Å². The van der Waals surface area contributed by atoms with Crippen molar-refractivity contribution in [3.63, 3.8) is 0 Å². The van der Waals surface area contributed by atoms with Crippen LogP contribution in [0.5, 0.6) is 17.2 Å². The molecule has 0 saturated carbocycles. The van der Waals surface area contributed by atoms with Gasteiger partial charge in [-0.05, 0) is 25.0 Å². The first-order valence-corrected chi connectivity index (χ1v) is 7.22. The third kappa shape index (κ3) is 3.80. The zero-order valence-corrected chi connectivity index (χ0v) is 13.6. The average molecular weight is 295 g/mol. The van der Waals surface area contributed by atoms with Gasteiger partial charge >= 0.3 is 0 Å². The lowest BCUT2D eigenvalue weighted by atomic mass is 10.1. The number of benzene rings is 1. The molecule has 0 atom stereocenters. The largest absolute Gasteiger partial charge is 0.493 e. The highest BCUT2D eigenvalue weighted by molar-refractivity contribution is 5.98. The normalized spacial score (nSPS) is 10.1. The van der Waals surface area contributed by atoms with Crippen LogP contribution in [0.2, 0.25) is 0 Å². The fourth-order valence-corrected chi connectivity index (χ4v) is 2.29. The molecule has 0 fully saturated rings. The van der Waals surface area contributed by atoms with E-state index in [1.807, 2.05) is 4.90 Å². The fourth-order valence-electron chi connectivity index (χ4n) is 2.29. The Hall–Kier alpha value is -1.91. The van der Waals surface area contributed by atoms with Gasteiger partial charge in [0.15, 0.2) is 11.5 Å². The summed E-state index contributed by atoms with van der Waals surface area (Å²) in [5, 5.41) is 0. The van der Waals surface area contributed by atoms with E-state index in [1.54, 1.807) is 19.2 Å². The molecule has 0 aliphatic carbocycles. The minimum absolute atomic E-state index is 0.0449. The van der Waals surface area contributed by atoms with Gasteiger partial charge in [0.05, 0.1) is 26.9 Å². The van der Waals surface area contributed by atoms with Crippen LogP contribution in [-0.2, 0) is 0 Å². The summed E-state index contributed by atoms with van der Waals surface area (Å²) in [6, 6.07) is 3.45. The van der Waals surface area contributed by atoms with E-state index in [0.29, 0.717) is 22.8 Å². The number of hydrogen-bond donors (Lipinski definition) is 0. The highest BCUT2D eigenvalue weighted by Gasteiger charge is 2.23. The zero-order valence-electron chi connectivity index (χ0n) is 13.6. The van der Waals surface area contributed by atoms with Crippen molar-refractivity contribution < 1.29 is 19.0 Å². The quantitative estimate of drug-likeness (QED) is 0.740. The number of carbonyl (C=O) groups is 1. The Kier molecular flexibility index (Phi) is 6.85. The molecular weight excluding hydrogens is 270 g/mol. The summed E-state index contributed by atoms with van der Waals surface area (Å²) < 4.78 is 16.0. The van der Waals surface area contributed by atoms with E-state index in [4.69, 9.17) is 14.2 Å². The Morgan fingerprint density at radius 3 is 1.95 bits per heavy atom. The molecule has 0 N–H and O–H groups in total. The van der Waals surface area contributed by atoms with E-state index in [9.17, 15) is 4.79 Å². The lowest BCUT2D eigenvalue weighted by Crippen LogP contribution is -2.32. The molecule has 5 heteroatoms. The van der Waals surface area contributed by atoms with E-state index in [0.717, 1.165) is 25.9 Å². The fraction of sp³-hybridized carbons (Fsp3) is 0.562. The number of methoxy groups -OCH3 is 3. The molecule has 0 unspecified atom stereocenters. The maximum absolute atomic E-state index is 12.7. The number of rotatable bonds is 8. The van der Waals surface area contributed by atoms with Crippen LogP contribution in [0.3, 0.4) is 0 Å². The summed E-state index contributed by atoms with van der Waals surface area (Å²) in [4.78, 5) is 14.6. The molecule has 21 heavy (non-hydrogen) atoms. The van der Waals surface area contributed by atoms with E-state index in [1.165, 1.54) is 14.2 Å². The van der Waals surface area contributed by atoms with Gasteiger partial charge in [-0.25, -0.2) is 0 Å². The Balaban J connectivity index is 3.24. The maximum Gasteiger partial charge on any atom is 0.257 e.